The number of carboxylic acid groups (broad SMARTS) is 1. The lowest BCUT2D eigenvalue weighted by Crippen LogP contribution is -2.19. The van der Waals surface area contributed by atoms with Gasteiger partial charge < -0.3 is 14.4 Å². The topological polar surface area (TPSA) is 64.4 Å². The Balaban J connectivity index is 1.56. The van der Waals surface area contributed by atoms with Gasteiger partial charge in [-0.1, -0.05) is 54.1 Å². The number of carboxylic acids is 1. The van der Waals surface area contributed by atoms with Crippen molar-refractivity contribution in [1.29, 1.82) is 0 Å². The Morgan fingerprint density at radius 2 is 1.81 bits per heavy atom. The summed E-state index contributed by atoms with van der Waals surface area (Å²) < 4.78 is 8.03. The van der Waals surface area contributed by atoms with E-state index in [1.54, 1.807) is 12.1 Å². The van der Waals surface area contributed by atoms with E-state index in [1.807, 2.05) is 67.6 Å². The number of rotatable bonds is 9. The number of halogens is 1. The van der Waals surface area contributed by atoms with Gasteiger partial charge in [-0.2, -0.15) is 0 Å². The van der Waals surface area contributed by atoms with E-state index in [4.69, 9.17) is 21.3 Å². The molecule has 1 aromatic heterocycles. The minimum absolute atomic E-state index is 0.284. The van der Waals surface area contributed by atoms with Crippen LogP contribution in [0.2, 0.25) is 5.02 Å². The highest BCUT2D eigenvalue weighted by Crippen LogP contribution is 2.24. The molecule has 0 aliphatic rings. The van der Waals surface area contributed by atoms with Crippen molar-refractivity contribution in [3.8, 4) is 5.75 Å². The van der Waals surface area contributed by atoms with Crippen LogP contribution in [0.5, 0.6) is 5.75 Å². The summed E-state index contributed by atoms with van der Waals surface area (Å²) in [5.41, 5.74) is 4.01. The van der Waals surface area contributed by atoms with Crippen LogP contribution in [-0.4, -0.2) is 20.6 Å². The van der Waals surface area contributed by atoms with Crippen molar-refractivity contribution in [2.45, 2.75) is 32.9 Å². The molecule has 0 bridgehead atoms. The minimum atomic E-state index is -0.784. The van der Waals surface area contributed by atoms with Crippen LogP contribution in [0.4, 0.5) is 0 Å². The molecule has 3 aromatic carbocycles. The first-order valence-electron chi connectivity index (χ1n) is 10.6. The van der Waals surface area contributed by atoms with Gasteiger partial charge in [-0.15, -0.1) is 0 Å². The highest BCUT2D eigenvalue weighted by atomic mass is 35.5. The lowest BCUT2D eigenvalue weighted by atomic mass is 9.96. The zero-order valence-corrected chi connectivity index (χ0v) is 18.6. The van der Waals surface area contributed by atoms with E-state index >= 15 is 0 Å². The van der Waals surface area contributed by atoms with Crippen molar-refractivity contribution in [3.05, 3.63) is 94.8 Å². The first-order valence-corrected chi connectivity index (χ1v) is 11.0. The standard InChI is InChI=1S/C26H25ClN2O3/c1-18-6-5-9-23-25(18)28-24(17-32-22-12-10-21(27)11-13-22)29(23)15-14-20(26(30)31)16-19-7-3-2-4-8-19/h2-13,20H,14-17H2,1H3,(H,30,31). The van der Waals surface area contributed by atoms with Crippen LogP contribution < -0.4 is 4.74 Å². The SMILES string of the molecule is Cc1cccc2c1nc(COc1ccc(Cl)cc1)n2CCC(Cc1ccccc1)C(=O)O. The van der Waals surface area contributed by atoms with Gasteiger partial charge in [0.2, 0.25) is 0 Å². The molecule has 6 heteroatoms. The van der Waals surface area contributed by atoms with Crippen molar-refractivity contribution in [2.24, 2.45) is 5.92 Å². The average molecular weight is 449 g/mol. The number of aliphatic carboxylic acids is 1. The van der Waals surface area contributed by atoms with Crippen molar-refractivity contribution in [2.75, 3.05) is 0 Å². The summed E-state index contributed by atoms with van der Waals surface area (Å²) in [4.78, 5) is 16.8. The van der Waals surface area contributed by atoms with Crippen LogP contribution in [0.25, 0.3) is 11.0 Å². The zero-order valence-electron chi connectivity index (χ0n) is 17.9. The number of para-hydroxylation sites is 1. The lowest BCUT2D eigenvalue weighted by molar-refractivity contribution is -0.142. The molecule has 1 heterocycles. The van der Waals surface area contributed by atoms with E-state index in [9.17, 15) is 9.90 Å². The normalized spacial score (nSPS) is 12.1. The van der Waals surface area contributed by atoms with Gasteiger partial charge in [0.1, 0.15) is 18.2 Å². The molecule has 4 rings (SSSR count). The fourth-order valence-corrected chi connectivity index (χ4v) is 4.00. The van der Waals surface area contributed by atoms with Crippen molar-refractivity contribution >= 4 is 28.6 Å². The van der Waals surface area contributed by atoms with E-state index in [-0.39, 0.29) is 6.61 Å². The molecule has 4 aromatic rings. The maximum absolute atomic E-state index is 11.9. The molecule has 1 N–H and O–H groups in total. The first kappa shape index (κ1) is 21.9. The number of benzene rings is 3. The van der Waals surface area contributed by atoms with Crippen molar-refractivity contribution in [1.82, 2.24) is 9.55 Å². The molecular formula is C26H25ClN2O3. The number of imidazole rings is 1. The third kappa shape index (κ3) is 5.11. The molecule has 164 valence electrons. The van der Waals surface area contributed by atoms with Gasteiger partial charge in [0.25, 0.3) is 0 Å². The highest BCUT2D eigenvalue weighted by molar-refractivity contribution is 6.30. The number of ether oxygens (including phenoxy) is 1. The maximum Gasteiger partial charge on any atom is 0.306 e. The molecule has 1 atom stereocenters. The number of carbonyl (C=O) groups is 1. The third-order valence-corrected chi connectivity index (χ3v) is 5.87. The van der Waals surface area contributed by atoms with Crippen LogP contribution in [-0.2, 0) is 24.4 Å². The predicted octanol–water partition coefficient (Wildman–Crippen LogP) is 5.91. The second-order valence-electron chi connectivity index (χ2n) is 7.88. The van der Waals surface area contributed by atoms with Crippen molar-refractivity contribution < 1.29 is 14.6 Å². The summed E-state index contributed by atoms with van der Waals surface area (Å²) in [6.45, 7) is 2.86. The summed E-state index contributed by atoms with van der Waals surface area (Å²) in [6, 6.07) is 23.0. The number of nitrogens with zero attached hydrogens (tertiary/aromatic N) is 2. The Morgan fingerprint density at radius 3 is 2.53 bits per heavy atom. The Kier molecular flexibility index (Phi) is 6.76. The molecule has 0 aliphatic heterocycles. The monoisotopic (exact) mass is 448 g/mol. The van der Waals surface area contributed by atoms with Gasteiger partial charge in [-0.3, -0.25) is 4.79 Å². The van der Waals surface area contributed by atoms with E-state index in [1.165, 1.54) is 0 Å². The van der Waals surface area contributed by atoms with E-state index in [0.29, 0.717) is 30.2 Å². The quantitative estimate of drug-likeness (QED) is 0.345. The fourth-order valence-electron chi connectivity index (χ4n) is 3.87. The summed E-state index contributed by atoms with van der Waals surface area (Å²) in [7, 11) is 0. The molecule has 0 amide bonds. The van der Waals surface area contributed by atoms with Crippen LogP contribution in [0.3, 0.4) is 0 Å². The molecule has 0 spiro atoms. The Hall–Kier alpha value is -3.31. The van der Waals surface area contributed by atoms with Gasteiger partial charge in [0, 0.05) is 11.6 Å². The third-order valence-electron chi connectivity index (χ3n) is 5.62. The molecule has 5 nitrogen and oxygen atoms in total. The van der Waals surface area contributed by atoms with Gasteiger partial charge in [0.05, 0.1) is 17.0 Å². The predicted molar refractivity (Wildman–Crippen MR) is 126 cm³/mol. The second-order valence-corrected chi connectivity index (χ2v) is 8.31. The number of aromatic nitrogens is 2. The summed E-state index contributed by atoms with van der Waals surface area (Å²) in [5, 5.41) is 10.5. The molecule has 32 heavy (non-hydrogen) atoms. The Labute approximate surface area is 192 Å². The average Bonchev–Trinajstić information content (AvgIpc) is 3.15. The first-order chi connectivity index (χ1) is 15.5. The number of hydrogen-bond acceptors (Lipinski definition) is 3. The Morgan fingerprint density at radius 1 is 1.06 bits per heavy atom. The van der Waals surface area contributed by atoms with E-state index in [0.717, 1.165) is 28.0 Å². The molecular weight excluding hydrogens is 424 g/mol. The van der Waals surface area contributed by atoms with E-state index in [2.05, 4.69) is 4.57 Å². The van der Waals surface area contributed by atoms with Gasteiger partial charge in [-0.25, -0.2) is 4.98 Å². The molecule has 0 fully saturated rings. The zero-order chi connectivity index (χ0) is 22.5. The maximum atomic E-state index is 11.9. The smallest absolute Gasteiger partial charge is 0.306 e. The van der Waals surface area contributed by atoms with Crippen LogP contribution >= 0.6 is 11.6 Å². The summed E-state index contributed by atoms with van der Waals surface area (Å²) in [6.07, 6.45) is 0.996. The molecule has 0 aliphatic carbocycles. The lowest BCUT2D eigenvalue weighted by Gasteiger charge is -2.15. The van der Waals surface area contributed by atoms with Gasteiger partial charge >= 0.3 is 5.97 Å². The summed E-state index contributed by atoms with van der Waals surface area (Å²) >= 11 is 5.96. The molecule has 0 saturated carbocycles. The molecule has 0 radical (unpaired) electrons. The number of hydrogen-bond donors (Lipinski definition) is 1. The highest BCUT2D eigenvalue weighted by Gasteiger charge is 2.20. The second kappa shape index (κ2) is 9.88. The summed E-state index contributed by atoms with van der Waals surface area (Å²) in [5.74, 6) is 0.212. The largest absolute Gasteiger partial charge is 0.486 e. The number of aryl methyl sites for hydroxylation is 2. The van der Waals surface area contributed by atoms with Crippen LogP contribution in [0, 0.1) is 12.8 Å². The van der Waals surface area contributed by atoms with Gasteiger partial charge in [-0.05, 0) is 61.2 Å². The van der Waals surface area contributed by atoms with Crippen LogP contribution in [0.15, 0.2) is 72.8 Å². The fraction of sp³-hybridized carbons (Fsp3) is 0.231. The van der Waals surface area contributed by atoms with Gasteiger partial charge in [0.15, 0.2) is 0 Å². The minimum Gasteiger partial charge on any atom is -0.486 e. The molecule has 1 unspecified atom stereocenters. The number of fused-ring (bicyclic) bond motifs is 1. The van der Waals surface area contributed by atoms with E-state index < -0.39 is 11.9 Å². The van der Waals surface area contributed by atoms with Crippen LogP contribution in [0.1, 0.15) is 23.4 Å². The molecule has 0 saturated heterocycles. The van der Waals surface area contributed by atoms with Crippen molar-refractivity contribution in [3.63, 3.8) is 0 Å². The Bertz CT molecular complexity index is 1200.